The summed E-state index contributed by atoms with van der Waals surface area (Å²) in [7, 11) is 1.66. The second kappa shape index (κ2) is 11.0. The number of carbonyl (C=O) groups is 1. The Morgan fingerprint density at radius 1 is 0.812 bits per heavy atom. The molecule has 4 heteroatoms. The number of hydrogen-bond donors (Lipinski definition) is 0. The highest BCUT2D eigenvalue weighted by Gasteiger charge is 2.28. The molecule has 4 nitrogen and oxygen atoms in total. The quantitative estimate of drug-likeness (QED) is 0.271. The first-order valence-corrected chi connectivity index (χ1v) is 11.3. The van der Waals surface area contributed by atoms with Crippen LogP contribution >= 0.6 is 0 Å². The maximum Gasteiger partial charge on any atom is 0.305 e. The van der Waals surface area contributed by atoms with Crippen molar-refractivity contribution in [2.45, 2.75) is 38.2 Å². The Bertz CT molecular complexity index is 980. The van der Waals surface area contributed by atoms with E-state index < -0.39 is 0 Å². The molecule has 0 N–H and O–H groups in total. The Hall–Kier alpha value is -3.11. The lowest BCUT2D eigenvalue weighted by Gasteiger charge is -2.14. The van der Waals surface area contributed by atoms with E-state index in [2.05, 4.69) is 48.5 Å². The predicted molar refractivity (Wildman–Crippen MR) is 126 cm³/mol. The van der Waals surface area contributed by atoms with Gasteiger partial charge in [0.15, 0.2) is 0 Å². The molecule has 1 aliphatic carbocycles. The zero-order valence-electron chi connectivity index (χ0n) is 18.6. The Balaban J connectivity index is 1.13. The van der Waals surface area contributed by atoms with Gasteiger partial charge < -0.3 is 14.2 Å². The summed E-state index contributed by atoms with van der Waals surface area (Å²) in [5.74, 6) is 0.853. The van der Waals surface area contributed by atoms with Gasteiger partial charge in [-0.2, -0.15) is 0 Å². The first kappa shape index (κ1) is 22.1. The number of methoxy groups -OCH3 is 1. The topological polar surface area (TPSA) is 44.8 Å². The van der Waals surface area contributed by atoms with Crippen LogP contribution in [-0.2, 0) is 20.9 Å². The van der Waals surface area contributed by atoms with Crippen LogP contribution in [0.2, 0.25) is 0 Å². The van der Waals surface area contributed by atoms with Crippen LogP contribution in [-0.4, -0.2) is 26.3 Å². The van der Waals surface area contributed by atoms with Crippen molar-refractivity contribution in [2.24, 2.45) is 0 Å². The van der Waals surface area contributed by atoms with Gasteiger partial charge in [-0.05, 0) is 52.8 Å². The van der Waals surface area contributed by atoms with Crippen molar-refractivity contribution in [3.8, 4) is 16.9 Å². The molecule has 3 aromatic rings. The zero-order chi connectivity index (χ0) is 22.2. The molecule has 0 aromatic heterocycles. The predicted octanol–water partition coefficient (Wildman–Crippen LogP) is 6.13. The summed E-state index contributed by atoms with van der Waals surface area (Å²) in [6, 6.07) is 24.7. The lowest BCUT2D eigenvalue weighted by Crippen LogP contribution is -2.12. The van der Waals surface area contributed by atoms with Crippen molar-refractivity contribution in [1.82, 2.24) is 0 Å². The normalized spacial score (nSPS) is 12.3. The van der Waals surface area contributed by atoms with Crippen LogP contribution in [0.25, 0.3) is 11.1 Å². The third-order valence-corrected chi connectivity index (χ3v) is 5.97. The highest BCUT2D eigenvalue weighted by atomic mass is 16.5. The van der Waals surface area contributed by atoms with Crippen LogP contribution in [0.15, 0.2) is 72.8 Å². The van der Waals surface area contributed by atoms with Gasteiger partial charge in [-0.15, -0.1) is 0 Å². The van der Waals surface area contributed by atoms with Gasteiger partial charge in [0.05, 0.1) is 13.7 Å². The number of carbonyl (C=O) groups excluding carboxylic acids is 1. The minimum Gasteiger partial charge on any atom is -0.497 e. The number of benzene rings is 3. The van der Waals surface area contributed by atoms with E-state index in [0.29, 0.717) is 26.2 Å². The third kappa shape index (κ3) is 5.38. The van der Waals surface area contributed by atoms with Gasteiger partial charge in [0.25, 0.3) is 0 Å². The monoisotopic (exact) mass is 430 g/mol. The number of unbranched alkanes of at least 4 members (excludes halogenated alkanes) is 2. The smallest absolute Gasteiger partial charge is 0.305 e. The summed E-state index contributed by atoms with van der Waals surface area (Å²) < 4.78 is 16.5. The van der Waals surface area contributed by atoms with Crippen molar-refractivity contribution in [1.29, 1.82) is 0 Å². The molecule has 3 aromatic carbocycles. The minimum atomic E-state index is -0.119. The number of hydrogen-bond acceptors (Lipinski definition) is 4. The molecule has 0 fully saturated rings. The van der Waals surface area contributed by atoms with Crippen molar-refractivity contribution >= 4 is 5.97 Å². The van der Waals surface area contributed by atoms with Crippen molar-refractivity contribution in [3.05, 3.63) is 89.5 Å². The summed E-state index contributed by atoms with van der Waals surface area (Å²) >= 11 is 0. The molecule has 0 unspecified atom stereocenters. The molecule has 1 aliphatic rings. The van der Waals surface area contributed by atoms with Gasteiger partial charge in [0.2, 0.25) is 0 Å². The third-order valence-electron chi connectivity index (χ3n) is 5.97. The van der Waals surface area contributed by atoms with Gasteiger partial charge in [-0.1, -0.05) is 67.1 Å². The van der Waals surface area contributed by atoms with E-state index in [0.717, 1.165) is 30.6 Å². The summed E-state index contributed by atoms with van der Waals surface area (Å²) in [6.45, 7) is 1.69. The molecule has 0 amide bonds. The van der Waals surface area contributed by atoms with Crippen LogP contribution in [0, 0.1) is 0 Å². The van der Waals surface area contributed by atoms with E-state index in [-0.39, 0.29) is 11.9 Å². The molecule has 0 bridgehead atoms. The number of fused-ring (bicyclic) bond motifs is 3. The standard InChI is InChI=1S/C28H30O4/c1-30-22-16-14-21(15-17-22)19-31-18-8-2-3-13-28(29)32-20-27-25-11-6-4-9-23(25)24-10-5-7-12-26(24)27/h4-7,9-12,14-17,27H,2-3,8,13,18-20H2,1H3. The van der Waals surface area contributed by atoms with E-state index in [1.165, 1.54) is 22.3 Å². The van der Waals surface area contributed by atoms with Crippen molar-refractivity contribution < 1.29 is 19.0 Å². The number of esters is 1. The average molecular weight is 431 g/mol. The Kier molecular flexibility index (Phi) is 7.57. The first-order valence-electron chi connectivity index (χ1n) is 11.3. The van der Waals surface area contributed by atoms with Gasteiger partial charge in [0.1, 0.15) is 12.4 Å². The molecule has 0 saturated carbocycles. The molecule has 4 rings (SSSR count). The highest BCUT2D eigenvalue weighted by Crippen LogP contribution is 2.44. The van der Waals surface area contributed by atoms with Crippen molar-refractivity contribution in [3.63, 3.8) is 0 Å². The Labute approximate surface area is 190 Å². The summed E-state index contributed by atoms with van der Waals surface area (Å²) in [4.78, 5) is 12.3. The fraction of sp³-hybridized carbons (Fsp3) is 0.321. The van der Waals surface area contributed by atoms with Gasteiger partial charge in [0, 0.05) is 18.9 Å². The molecular weight excluding hydrogens is 400 g/mol. The summed E-state index contributed by atoms with van der Waals surface area (Å²) in [5, 5.41) is 0. The maximum atomic E-state index is 12.3. The van der Waals surface area contributed by atoms with E-state index in [4.69, 9.17) is 14.2 Å². The summed E-state index contributed by atoms with van der Waals surface area (Å²) in [5.41, 5.74) is 6.12. The molecule has 0 spiro atoms. The van der Waals surface area contributed by atoms with Gasteiger partial charge in [-0.25, -0.2) is 0 Å². The molecule has 0 aliphatic heterocycles. The number of rotatable bonds is 11. The Morgan fingerprint density at radius 2 is 1.47 bits per heavy atom. The maximum absolute atomic E-state index is 12.3. The molecule has 166 valence electrons. The SMILES string of the molecule is COc1ccc(COCCCCCC(=O)OCC2c3ccccc3-c3ccccc32)cc1. The van der Waals surface area contributed by atoms with Crippen LogP contribution in [0.4, 0.5) is 0 Å². The number of ether oxygens (including phenoxy) is 3. The molecule has 0 radical (unpaired) electrons. The molecule has 0 saturated heterocycles. The van der Waals surface area contributed by atoms with E-state index in [9.17, 15) is 4.79 Å². The fourth-order valence-corrected chi connectivity index (χ4v) is 4.25. The van der Waals surface area contributed by atoms with E-state index >= 15 is 0 Å². The lowest BCUT2D eigenvalue weighted by atomic mass is 9.98. The molecular formula is C28H30O4. The van der Waals surface area contributed by atoms with E-state index in [1.54, 1.807) is 7.11 Å². The van der Waals surface area contributed by atoms with Gasteiger partial charge in [-0.3, -0.25) is 4.79 Å². The van der Waals surface area contributed by atoms with Crippen LogP contribution in [0.1, 0.15) is 48.3 Å². The second-order valence-electron chi connectivity index (χ2n) is 8.12. The van der Waals surface area contributed by atoms with Crippen LogP contribution < -0.4 is 4.74 Å². The minimum absolute atomic E-state index is 0.119. The van der Waals surface area contributed by atoms with Crippen LogP contribution in [0.3, 0.4) is 0 Å². The first-order chi connectivity index (χ1) is 15.8. The average Bonchev–Trinajstić information content (AvgIpc) is 3.16. The fourth-order valence-electron chi connectivity index (χ4n) is 4.25. The lowest BCUT2D eigenvalue weighted by molar-refractivity contribution is -0.144. The van der Waals surface area contributed by atoms with E-state index in [1.807, 2.05) is 24.3 Å². The largest absolute Gasteiger partial charge is 0.497 e. The van der Waals surface area contributed by atoms with Gasteiger partial charge >= 0.3 is 5.97 Å². The molecule has 32 heavy (non-hydrogen) atoms. The van der Waals surface area contributed by atoms with Crippen LogP contribution in [0.5, 0.6) is 5.75 Å². The summed E-state index contributed by atoms with van der Waals surface area (Å²) in [6.07, 6.45) is 3.16. The Morgan fingerprint density at radius 3 is 2.12 bits per heavy atom. The molecule has 0 heterocycles. The second-order valence-corrected chi connectivity index (χ2v) is 8.12. The van der Waals surface area contributed by atoms with Crippen molar-refractivity contribution in [2.75, 3.05) is 20.3 Å². The highest BCUT2D eigenvalue weighted by molar-refractivity contribution is 5.79. The molecule has 0 atom stereocenters. The zero-order valence-corrected chi connectivity index (χ0v) is 18.6.